The minimum atomic E-state index is -5.13. The number of hydrogen-bond donors (Lipinski definition) is 1. The molecule has 0 spiro atoms. The maximum Gasteiger partial charge on any atom is 1.00 e. The Labute approximate surface area is 102 Å². The molecule has 0 aliphatic rings. The molecule has 0 bridgehead atoms. The van der Waals surface area contributed by atoms with Gasteiger partial charge in [-0.05, 0) is 0 Å². The molecule has 80 valence electrons. The third kappa shape index (κ3) is 6.60. The van der Waals surface area contributed by atoms with Crippen LogP contribution in [0.25, 0.3) is 0 Å². The van der Waals surface area contributed by atoms with Crippen LogP contribution in [0.5, 0.6) is 0 Å². The molecule has 0 radical (unpaired) electrons. The molecule has 0 unspecified atom stereocenters. The van der Waals surface area contributed by atoms with Crippen LogP contribution >= 0.6 is 0 Å². The van der Waals surface area contributed by atoms with Gasteiger partial charge in [0.2, 0.25) is 5.91 Å². The van der Waals surface area contributed by atoms with Crippen molar-refractivity contribution in [1.82, 2.24) is 4.31 Å². The first-order valence-electron chi connectivity index (χ1n) is 2.86. The van der Waals surface area contributed by atoms with Crippen LogP contribution < -0.4 is 29.6 Å². The zero-order valence-electron chi connectivity index (χ0n) is 8.37. The van der Waals surface area contributed by atoms with E-state index in [9.17, 15) is 26.4 Å². The van der Waals surface area contributed by atoms with Crippen LogP contribution in [0.4, 0.5) is 13.2 Å². The topological polar surface area (TPSA) is 74.7 Å². The van der Waals surface area contributed by atoms with E-state index in [0.29, 0.717) is 6.92 Å². The number of rotatable bonds is 2. The predicted molar refractivity (Wildman–Crippen MR) is 36.1 cm³/mol. The van der Waals surface area contributed by atoms with Gasteiger partial charge in [-0.1, -0.05) is 0 Å². The van der Waals surface area contributed by atoms with Gasteiger partial charge >= 0.3 is 46.0 Å². The van der Waals surface area contributed by atoms with Gasteiger partial charge in [-0.3, -0.25) is 9.35 Å². The van der Waals surface area contributed by atoms with E-state index in [2.05, 4.69) is 0 Å². The maximum atomic E-state index is 11.6. The second-order valence-electron chi connectivity index (χ2n) is 2.12. The normalized spacial score (nSPS) is 11.8. The molecular formula is C4H7F3NNaO4S. The maximum absolute atomic E-state index is 11.6. The van der Waals surface area contributed by atoms with Crippen molar-refractivity contribution in [2.24, 2.45) is 0 Å². The third-order valence-electron chi connectivity index (χ3n) is 0.953. The molecule has 1 N–H and O–H groups in total. The molecule has 14 heavy (non-hydrogen) atoms. The summed E-state index contributed by atoms with van der Waals surface area (Å²) in [5.74, 6) is -1.40. The van der Waals surface area contributed by atoms with E-state index >= 15 is 0 Å². The number of hydrogen-bond acceptors (Lipinski definition) is 3. The van der Waals surface area contributed by atoms with E-state index in [-0.39, 0.29) is 31.0 Å². The summed E-state index contributed by atoms with van der Waals surface area (Å²) in [5.41, 5.74) is 0. The summed E-state index contributed by atoms with van der Waals surface area (Å²) < 4.78 is 62.8. The molecule has 0 aromatic heterocycles. The predicted octanol–water partition coefficient (Wildman–Crippen LogP) is -2.68. The van der Waals surface area contributed by atoms with Crippen LogP contribution in [0.3, 0.4) is 0 Å². The average Bonchev–Trinajstić information content (AvgIpc) is 1.77. The fourth-order valence-electron chi connectivity index (χ4n) is 0.518. The van der Waals surface area contributed by atoms with Crippen molar-refractivity contribution in [2.45, 2.75) is 13.1 Å². The van der Waals surface area contributed by atoms with Crippen molar-refractivity contribution < 1.29 is 61.9 Å². The molecule has 10 heteroatoms. The van der Waals surface area contributed by atoms with Gasteiger partial charge in [0.25, 0.3) is 0 Å². The number of amides is 1. The van der Waals surface area contributed by atoms with Gasteiger partial charge in [-0.25, -0.2) is 4.31 Å². The van der Waals surface area contributed by atoms with Crippen LogP contribution in [0.2, 0.25) is 0 Å². The van der Waals surface area contributed by atoms with Gasteiger partial charge in [-0.15, -0.1) is 0 Å². The number of nitrogens with zero attached hydrogens (tertiary/aromatic N) is 1. The van der Waals surface area contributed by atoms with E-state index < -0.39 is 33.2 Å². The smallest absolute Gasteiger partial charge is 1.00 e. The van der Waals surface area contributed by atoms with Gasteiger partial charge in [0.1, 0.15) is 6.54 Å². The van der Waals surface area contributed by atoms with Crippen molar-refractivity contribution in [3.8, 4) is 0 Å². The van der Waals surface area contributed by atoms with E-state index in [1.54, 1.807) is 0 Å². The van der Waals surface area contributed by atoms with Gasteiger partial charge in [0.15, 0.2) is 0 Å². The third-order valence-corrected chi connectivity index (χ3v) is 1.90. The van der Waals surface area contributed by atoms with Crippen molar-refractivity contribution >= 4 is 16.2 Å². The minimum Gasteiger partial charge on any atom is -1.00 e. The molecule has 0 atom stereocenters. The van der Waals surface area contributed by atoms with Gasteiger partial charge < -0.3 is 1.43 Å². The summed E-state index contributed by atoms with van der Waals surface area (Å²) in [7, 11) is -5.13. The first-order valence-corrected chi connectivity index (χ1v) is 4.26. The number of alkyl halides is 3. The molecule has 0 aromatic carbocycles. The Kier molecular flexibility index (Phi) is 6.29. The van der Waals surface area contributed by atoms with E-state index in [4.69, 9.17) is 4.55 Å². The Hall–Kier alpha value is 0.170. The molecule has 0 fully saturated rings. The summed E-state index contributed by atoms with van der Waals surface area (Å²) in [4.78, 5) is 10.4. The molecule has 0 rings (SSSR count). The Morgan fingerprint density at radius 3 is 1.93 bits per heavy atom. The second-order valence-corrected chi connectivity index (χ2v) is 3.46. The van der Waals surface area contributed by atoms with E-state index in [1.807, 2.05) is 0 Å². The first kappa shape index (κ1) is 16.6. The zero-order chi connectivity index (χ0) is 10.9. The Morgan fingerprint density at radius 1 is 1.50 bits per heavy atom. The molecule has 5 nitrogen and oxygen atoms in total. The molecule has 0 heterocycles. The van der Waals surface area contributed by atoms with Crippen molar-refractivity contribution in [1.29, 1.82) is 0 Å². The first-order chi connectivity index (χ1) is 5.54. The zero-order valence-corrected chi connectivity index (χ0v) is 10.2. The number of carbonyl (C=O) groups is 1. The monoisotopic (exact) mass is 245 g/mol. The fourth-order valence-corrected chi connectivity index (χ4v) is 1.15. The SMILES string of the molecule is CC(=O)N(CC(F)(F)F)S(=O)(=O)O.[H-].[Na+]. The van der Waals surface area contributed by atoms with Crippen LogP contribution in [-0.2, 0) is 15.1 Å². The van der Waals surface area contributed by atoms with Crippen molar-refractivity contribution in [3.05, 3.63) is 0 Å². The van der Waals surface area contributed by atoms with E-state index in [0.717, 1.165) is 0 Å². The summed E-state index contributed by atoms with van der Waals surface area (Å²) >= 11 is 0. The second kappa shape index (κ2) is 5.31. The Balaban J connectivity index is -0.000000720. The quantitative estimate of drug-likeness (QED) is 0.425. The Morgan fingerprint density at radius 2 is 1.86 bits per heavy atom. The van der Waals surface area contributed by atoms with Crippen LogP contribution in [-0.4, -0.2) is 35.9 Å². The van der Waals surface area contributed by atoms with Gasteiger partial charge in [0, 0.05) is 6.92 Å². The van der Waals surface area contributed by atoms with Crippen molar-refractivity contribution in [2.75, 3.05) is 6.54 Å². The molecule has 0 saturated carbocycles. The molecule has 1 amide bonds. The van der Waals surface area contributed by atoms with Crippen LogP contribution in [0.1, 0.15) is 8.35 Å². The van der Waals surface area contributed by atoms with E-state index in [1.165, 1.54) is 0 Å². The summed E-state index contributed by atoms with van der Waals surface area (Å²) in [5, 5.41) is 0. The number of carbonyl (C=O) groups excluding carboxylic acids is 1. The molecule has 0 aliphatic carbocycles. The summed E-state index contributed by atoms with van der Waals surface area (Å²) in [6.07, 6.45) is -4.87. The largest absolute Gasteiger partial charge is 1.00 e. The van der Waals surface area contributed by atoms with Crippen molar-refractivity contribution in [3.63, 3.8) is 0 Å². The molecular weight excluding hydrogens is 238 g/mol. The van der Waals surface area contributed by atoms with Crippen LogP contribution in [0, 0.1) is 0 Å². The molecule has 0 aliphatic heterocycles. The minimum absolute atomic E-state index is 0. The molecule has 0 aromatic rings. The van der Waals surface area contributed by atoms with Crippen LogP contribution in [0.15, 0.2) is 0 Å². The fraction of sp³-hybridized carbons (Fsp3) is 0.750. The standard InChI is InChI=1S/C4H6F3NO4S.Na.H/c1-3(9)8(13(10,11)12)2-4(5,6)7;;/h2H2,1H3,(H,10,11,12);;/q;+1;-1. The summed E-state index contributed by atoms with van der Waals surface area (Å²) in [6.45, 7) is -1.43. The average molecular weight is 245 g/mol. The number of halogens is 3. The molecule has 0 saturated heterocycles. The van der Waals surface area contributed by atoms with Gasteiger partial charge in [-0.2, -0.15) is 21.6 Å². The Bertz CT molecular complexity index is 305. The summed E-state index contributed by atoms with van der Waals surface area (Å²) in [6, 6.07) is 0. The van der Waals surface area contributed by atoms with Gasteiger partial charge in [0.05, 0.1) is 0 Å².